The minimum atomic E-state index is 0.194. The van der Waals surface area contributed by atoms with Crippen LogP contribution in [0.2, 0.25) is 0 Å². The summed E-state index contributed by atoms with van der Waals surface area (Å²) < 4.78 is 6.03. The third-order valence-corrected chi connectivity index (χ3v) is 4.70. The Kier molecular flexibility index (Phi) is 3.64. The lowest BCUT2D eigenvalue weighted by Gasteiger charge is -2.17. The van der Waals surface area contributed by atoms with Gasteiger partial charge in [-0.05, 0) is 41.9 Å². The molecule has 0 fully saturated rings. The van der Waals surface area contributed by atoms with Crippen molar-refractivity contribution in [3.05, 3.63) is 57.5 Å². The highest BCUT2D eigenvalue weighted by Crippen LogP contribution is 2.36. The van der Waals surface area contributed by atoms with Crippen molar-refractivity contribution in [3.8, 4) is 0 Å². The number of furan rings is 1. The summed E-state index contributed by atoms with van der Waals surface area (Å²) in [5, 5.41) is 9.11. The molecule has 104 valence electrons. The van der Waals surface area contributed by atoms with Gasteiger partial charge < -0.3 is 9.73 Å². The van der Waals surface area contributed by atoms with Gasteiger partial charge in [-0.3, -0.25) is 0 Å². The van der Waals surface area contributed by atoms with Crippen molar-refractivity contribution in [2.24, 2.45) is 0 Å². The molecule has 0 aliphatic carbocycles. The number of rotatable bonds is 4. The largest absolute Gasteiger partial charge is 0.461 e. The molecule has 1 unspecified atom stereocenters. The van der Waals surface area contributed by atoms with Crippen molar-refractivity contribution in [1.29, 1.82) is 0 Å². The van der Waals surface area contributed by atoms with Gasteiger partial charge in [0.05, 0.1) is 6.04 Å². The molecule has 2 heterocycles. The highest BCUT2D eigenvalue weighted by Gasteiger charge is 2.23. The van der Waals surface area contributed by atoms with E-state index in [1.807, 2.05) is 19.2 Å². The molecular formula is C17H19NOS. The predicted octanol–water partition coefficient (Wildman–Crippen LogP) is 4.67. The second kappa shape index (κ2) is 5.43. The number of fused-ring (bicyclic) bond motifs is 1. The lowest BCUT2D eigenvalue weighted by molar-refractivity contribution is 0.539. The van der Waals surface area contributed by atoms with E-state index >= 15 is 0 Å². The SMILES string of the molecule is CCc1oc2ccccc2c1C(NC)c1cscc1C. The van der Waals surface area contributed by atoms with Gasteiger partial charge in [0.2, 0.25) is 0 Å². The fraction of sp³-hybridized carbons (Fsp3) is 0.294. The molecule has 3 heteroatoms. The number of benzene rings is 1. The first kappa shape index (κ1) is 13.4. The first-order valence-corrected chi connectivity index (χ1v) is 7.90. The summed E-state index contributed by atoms with van der Waals surface area (Å²) in [4.78, 5) is 0. The molecular weight excluding hydrogens is 266 g/mol. The molecule has 0 aliphatic rings. The van der Waals surface area contributed by atoms with Gasteiger partial charge in [-0.15, -0.1) is 0 Å². The Balaban J connectivity index is 2.23. The summed E-state index contributed by atoms with van der Waals surface area (Å²) in [6.45, 7) is 4.32. The summed E-state index contributed by atoms with van der Waals surface area (Å²) in [5.41, 5.74) is 4.94. The maximum atomic E-state index is 6.03. The van der Waals surface area contributed by atoms with E-state index in [-0.39, 0.29) is 6.04 Å². The Morgan fingerprint density at radius 2 is 2.05 bits per heavy atom. The summed E-state index contributed by atoms with van der Waals surface area (Å²) in [7, 11) is 2.02. The molecule has 1 aromatic carbocycles. The summed E-state index contributed by atoms with van der Waals surface area (Å²) >= 11 is 1.76. The maximum absolute atomic E-state index is 6.03. The number of hydrogen-bond acceptors (Lipinski definition) is 3. The topological polar surface area (TPSA) is 25.2 Å². The zero-order chi connectivity index (χ0) is 14.1. The molecule has 0 spiro atoms. The van der Waals surface area contributed by atoms with Gasteiger partial charge in [0.15, 0.2) is 0 Å². The Bertz CT molecular complexity index is 726. The van der Waals surface area contributed by atoms with Crippen LogP contribution in [0.4, 0.5) is 0 Å². The van der Waals surface area contributed by atoms with E-state index in [1.54, 1.807) is 11.3 Å². The molecule has 0 saturated heterocycles. The predicted molar refractivity (Wildman–Crippen MR) is 85.6 cm³/mol. The van der Waals surface area contributed by atoms with E-state index in [0.29, 0.717) is 0 Å². The Labute approximate surface area is 123 Å². The number of hydrogen-bond donors (Lipinski definition) is 1. The van der Waals surface area contributed by atoms with E-state index in [2.05, 4.69) is 42.1 Å². The lowest BCUT2D eigenvalue weighted by Crippen LogP contribution is -2.18. The molecule has 1 atom stereocenters. The Hall–Kier alpha value is -1.58. The molecule has 3 rings (SSSR count). The van der Waals surface area contributed by atoms with Crippen LogP contribution in [0.3, 0.4) is 0 Å². The standard InChI is InChI=1S/C17H19NOS/c1-4-14-16(12-7-5-6-8-15(12)19-14)17(18-3)13-10-20-9-11(13)2/h5-10,17-18H,4H2,1-3H3. The quantitative estimate of drug-likeness (QED) is 0.753. The van der Waals surface area contributed by atoms with Gasteiger partial charge in [0, 0.05) is 17.4 Å². The molecule has 2 nitrogen and oxygen atoms in total. The van der Waals surface area contributed by atoms with Crippen LogP contribution in [-0.4, -0.2) is 7.05 Å². The first-order chi connectivity index (χ1) is 9.76. The highest BCUT2D eigenvalue weighted by atomic mass is 32.1. The van der Waals surface area contributed by atoms with Gasteiger partial charge in [-0.2, -0.15) is 11.3 Å². The molecule has 0 amide bonds. The monoisotopic (exact) mass is 285 g/mol. The molecule has 0 aliphatic heterocycles. The van der Waals surface area contributed by atoms with Crippen LogP contribution in [0.5, 0.6) is 0 Å². The zero-order valence-electron chi connectivity index (χ0n) is 12.1. The van der Waals surface area contributed by atoms with Gasteiger partial charge in [-0.1, -0.05) is 25.1 Å². The van der Waals surface area contributed by atoms with Crippen molar-refractivity contribution < 1.29 is 4.42 Å². The van der Waals surface area contributed by atoms with Gasteiger partial charge in [0.25, 0.3) is 0 Å². The summed E-state index contributed by atoms with van der Waals surface area (Å²) in [5.74, 6) is 1.08. The van der Waals surface area contributed by atoms with Crippen LogP contribution in [0, 0.1) is 6.92 Å². The van der Waals surface area contributed by atoms with Gasteiger partial charge in [0.1, 0.15) is 11.3 Å². The molecule has 1 N–H and O–H groups in total. The number of nitrogens with one attached hydrogen (secondary N) is 1. The highest BCUT2D eigenvalue weighted by molar-refractivity contribution is 7.08. The van der Waals surface area contributed by atoms with Crippen LogP contribution in [-0.2, 0) is 6.42 Å². The average molecular weight is 285 g/mol. The van der Waals surface area contributed by atoms with E-state index in [4.69, 9.17) is 4.42 Å². The third-order valence-electron chi connectivity index (χ3n) is 3.82. The van der Waals surface area contributed by atoms with E-state index in [9.17, 15) is 0 Å². The average Bonchev–Trinajstić information content (AvgIpc) is 3.05. The minimum Gasteiger partial charge on any atom is -0.461 e. The van der Waals surface area contributed by atoms with Gasteiger partial charge >= 0.3 is 0 Å². The van der Waals surface area contributed by atoms with Crippen molar-refractivity contribution in [1.82, 2.24) is 5.32 Å². The van der Waals surface area contributed by atoms with Crippen LogP contribution in [0.1, 0.15) is 35.4 Å². The second-order valence-electron chi connectivity index (χ2n) is 5.02. The lowest BCUT2D eigenvalue weighted by atomic mass is 9.95. The molecule has 0 saturated carbocycles. The first-order valence-electron chi connectivity index (χ1n) is 6.96. The molecule has 0 bridgehead atoms. The fourth-order valence-corrected chi connectivity index (χ4v) is 3.69. The van der Waals surface area contributed by atoms with Crippen LogP contribution in [0.25, 0.3) is 11.0 Å². The van der Waals surface area contributed by atoms with Crippen molar-refractivity contribution >= 4 is 22.3 Å². The Morgan fingerprint density at radius 3 is 2.70 bits per heavy atom. The summed E-state index contributed by atoms with van der Waals surface area (Å²) in [6, 6.07) is 8.50. The number of para-hydroxylation sites is 1. The number of aryl methyl sites for hydroxylation is 2. The van der Waals surface area contributed by atoms with Crippen LogP contribution < -0.4 is 5.32 Å². The second-order valence-corrected chi connectivity index (χ2v) is 5.76. The van der Waals surface area contributed by atoms with Crippen molar-refractivity contribution in [3.63, 3.8) is 0 Å². The molecule has 20 heavy (non-hydrogen) atoms. The van der Waals surface area contributed by atoms with E-state index in [0.717, 1.165) is 17.8 Å². The van der Waals surface area contributed by atoms with Crippen LogP contribution >= 0.6 is 11.3 Å². The normalized spacial score (nSPS) is 12.9. The van der Waals surface area contributed by atoms with E-state index in [1.165, 1.54) is 22.1 Å². The minimum absolute atomic E-state index is 0.194. The summed E-state index contributed by atoms with van der Waals surface area (Å²) in [6.07, 6.45) is 0.908. The zero-order valence-corrected chi connectivity index (χ0v) is 12.9. The molecule has 3 aromatic rings. The van der Waals surface area contributed by atoms with Crippen molar-refractivity contribution in [2.75, 3.05) is 7.05 Å². The number of thiophene rings is 1. The molecule has 0 radical (unpaired) electrons. The van der Waals surface area contributed by atoms with E-state index < -0.39 is 0 Å². The third kappa shape index (κ3) is 2.07. The van der Waals surface area contributed by atoms with Crippen molar-refractivity contribution in [2.45, 2.75) is 26.3 Å². The smallest absolute Gasteiger partial charge is 0.134 e. The van der Waals surface area contributed by atoms with Gasteiger partial charge in [-0.25, -0.2) is 0 Å². The Morgan fingerprint density at radius 1 is 1.25 bits per heavy atom. The molecule has 2 aromatic heterocycles. The van der Waals surface area contributed by atoms with Crippen LogP contribution in [0.15, 0.2) is 39.4 Å². The fourth-order valence-electron chi connectivity index (χ4n) is 2.82. The maximum Gasteiger partial charge on any atom is 0.134 e.